The third-order valence-electron chi connectivity index (χ3n) is 4.91. The summed E-state index contributed by atoms with van der Waals surface area (Å²) in [6.07, 6.45) is -5.49. The number of carbonyl (C=O) groups is 2. The number of para-hydroxylation sites is 1. The van der Waals surface area contributed by atoms with Crippen molar-refractivity contribution in [3.8, 4) is 11.5 Å². The number of fused-ring (bicyclic) bond motifs is 1. The highest BCUT2D eigenvalue weighted by atomic mass is 19.4. The molecule has 0 aliphatic carbocycles. The summed E-state index contributed by atoms with van der Waals surface area (Å²) in [6.45, 7) is 1.68. The van der Waals surface area contributed by atoms with Gasteiger partial charge in [-0.25, -0.2) is 9.59 Å². The van der Waals surface area contributed by atoms with Gasteiger partial charge in [-0.3, -0.25) is 0 Å². The van der Waals surface area contributed by atoms with Gasteiger partial charge in [0.05, 0.1) is 11.7 Å². The summed E-state index contributed by atoms with van der Waals surface area (Å²) in [4.78, 5) is 22.8. The number of carboxylic acid groups (broad SMARTS) is 2. The molecule has 0 saturated heterocycles. The third kappa shape index (κ3) is 4.63. The fourth-order valence-corrected chi connectivity index (χ4v) is 3.26. The Balaban J connectivity index is 1.67. The predicted molar refractivity (Wildman–Crippen MR) is 103 cm³/mol. The fourth-order valence-electron chi connectivity index (χ4n) is 3.26. The second kappa shape index (κ2) is 8.67. The van der Waals surface area contributed by atoms with E-state index < -0.39 is 35.6 Å². The Kier molecular flexibility index (Phi) is 6.33. The highest BCUT2D eigenvalue weighted by Crippen LogP contribution is 2.42. The van der Waals surface area contributed by atoms with Gasteiger partial charge in [-0.05, 0) is 42.7 Å². The summed E-state index contributed by atoms with van der Waals surface area (Å²) in [5, 5.41) is 31.8. The standard InChI is InChI=1S/C21H20F3NO7/c1-11(25-10-15(26)12-4-2-6-14(9-12)21(22,23)24)8-13-5-3-7-16-17(13)32-20(31-16,18(27)28)19(29)30/h2-7,9,11,15,25-26H,8,10H2,1H3,(H,27,28)(H,29,30). The Morgan fingerprint density at radius 3 is 2.38 bits per heavy atom. The number of alkyl halides is 3. The van der Waals surface area contributed by atoms with Crippen molar-refractivity contribution in [2.75, 3.05) is 6.54 Å². The average molecular weight is 455 g/mol. The molecule has 2 unspecified atom stereocenters. The molecule has 172 valence electrons. The maximum Gasteiger partial charge on any atom is 0.453 e. The second-order valence-electron chi connectivity index (χ2n) is 7.33. The van der Waals surface area contributed by atoms with Crippen molar-refractivity contribution in [1.82, 2.24) is 5.32 Å². The first-order chi connectivity index (χ1) is 14.9. The number of nitrogens with one attached hydrogen (secondary N) is 1. The van der Waals surface area contributed by atoms with Crippen LogP contribution in [0.5, 0.6) is 11.5 Å². The lowest BCUT2D eigenvalue weighted by Gasteiger charge is -2.19. The lowest BCUT2D eigenvalue weighted by Crippen LogP contribution is -2.54. The van der Waals surface area contributed by atoms with E-state index in [0.29, 0.717) is 5.56 Å². The number of rotatable bonds is 8. The Morgan fingerprint density at radius 1 is 1.09 bits per heavy atom. The first-order valence-corrected chi connectivity index (χ1v) is 9.49. The van der Waals surface area contributed by atoms with Crippen molar-refractivity contribution in [2.24, 2.45) is 0 Å². The van der Waals surface area contributed by atoms with Gasteiger partial charge in [0.1, 0.15) is 0 Å². The molecule has 2 atom stereocenters. The molecule has 2 aromatic rings. The molecule has 1 heterocycles. The first kappa shape index (κ1) is 23.4. The van der Waals surface area contributed by atoms with Crippen LogP contribution >= 0.6 is 0 Å². The van der Waals surface area contributed by atoms with Crippen LogP contribution in [-0.4, -0.2) is 45.6 Å². The van der Waals surface area contributed by atoms with Gasteiger partial charge < -0.3 is 30.1 Å². The molecule has 1 aliphatic heterocycles. The van der Waals surface area contributed by atoms with Crippen LogP contribution in [0.15, 0.2) is 42.5 Å². The molecular weight excluding hydrogens is 435 g/mol. The van der Waals surface area contributed by atoms with E-state index >= 15 is 0 Å². The van der Waals surface area contributed by atoms with E-state index in [0.717, 1.165) is 12.1 Å². The Morgan fingerprint density at radius 2 is 1.75 bits per heavy atom. The lowest BCUT2D eigenvalue weighted by molar-refractivity contribution is -0.194. The first-order valence-electron chi connectivity index (χ1n) is 9.49. The van der Waals surface area contributed by atoms with E-state index in [1.54, 1.807) is 19.1 Å². The van der Waals surface area contributed by atoms with E-state index in [1.807, 2.05) is 0 Å². The van der Waals surface area contributed by atoms with Crippen LogP contribution in [0.25, 0.3) is 0 Å². The van der Waals surface area contributed by atoms with Crippen molar-refractivity contribution in [3.63, 3.8) is 0 Å². The van der Waals surface area contributed by atoms with Gasteiger partial charge in [0.15, 0.2) is 11.5 Å². The van der Waals surface area contributed by atoms with E-state index in [4.69, 9.17) is 9.47 Å². The molecule has 11 heteroatoms. The molecule has 32 heavy (non-hydrogen) atoms. The smallest absolute Gasteiger partial charge is 0.453 e. The van der Waals surface area contributed by atoms with Crippen molar-refractivity contribution >= 4 is 11.9 Å². The van der Waals surface area contributed by atoms with Crippen molar-refractivity contribution in [2.45, 2.75) is 37.5 Å². The van der Waals surface area contributed by atoms with E-state index in [2.05, 4.69) is 5.32 Å². The molecule has 2 aromatic carbocycles. The van der Waals surface area contributed by atoms with Gasteiger partial charge in [-0.15, -0.1) is 0 Å². The highest BCUT2D eigenvalue weighted by molar-refractivity contribution is 6.01. The van der Waals surface area contributed by atoms with Crippen LogP contribution in [0.2, 0.25) is 0 Å². The van der Waals surface area contributed by atoms with Gasteiger partial charge >= 0.3 is 23.9 Å². The van der Waals surface area contributed by atoms with Gasteiger partial charge in [0.2, 0.25) is 0 Å². The maximum absolute atomic E-state index is 12.9. The fraction of sp³-hybridized carbons (Fsp3) is 0.333. The minimum absolute atomic E-state index is 0.0237. The van der Waals surface area contributed by atoms with Crippen molar-refractivity contribution < 1.29 is 47.6 Å². The summed E-state index contributed by atoms with van der Waals surface area (Å²) >= 11 is 0. The molecular formula is C21H20F3NO7. The van der Waals surface area contributed by atoms with E-state index in [9.17, 15) is 38.1 Å². The Bertz CT molecular complexity index is 1010. The molecule has 1 aliphatic rings. The van der Waals surface area contributed by atoms with E-state index in [1.165, 1.54) is 18.2 Å². The monoisotopic (exact) mass is 455 g/mol. The Hall–Kier alpha value is -3.31. The highest BCUT2D eigenvalue weighted by Gasteiger charge is 2.58. The number of hydrogen-bond donors (Lipinski definition) is 4. The number of benzene rings is 2. The lowest BCUT2D eigenvalue weighted by atomic mass is 10.0. The molecule has 4 N–H and O–H groups in total. The zero-order valence-electron chi connectivity index (χ0n) is 16.7. The Labute approximate surface area is 180 Å². The van der Waals surface area contributed by atoms with Crippen LogP contribution in [0, 0.1) is 0 Å². The van der Waals surface area contributed by atoms with Crippen molar-refractivity contribution in [3.05, 3.63) is 59.2 Å². The van der Waals surface area contributed by atoms with Crippen LogP contribution in [0.1, 0.15) is 29.7 Å². The maximum atomic E-state index is 12.9. The quantitative estimate of drug-likeness (QED) is 0.448. The average Bonchev–Trinajstić information content (AvgIpc) is 3.14. The largest absolute Gasteiger partial charge is 0.475 e. The van der Waals surface area contributed by atoms with Crippen molar-refractivity contribution in [1.29, 1.82) is 0 Å². The molecule has 0 aromatic heterocycles. The SMILES string of the molecule is CC(Cc1cccc2c1OC(C(=O)O)(C(=O)O)O2)NCC(O)c1cccc(C(F)(F)F)c1. The third-order valence-corrected chi connectivity index (χ3v) is 4.91. The van der Waals surface area contributed by atoms with Crippen LogP contribution in [0.4, 0.5) is 13.2 Å². The van der Waals surface area contributed by atoms with Gasteiger partial charge in [0.25, 0.3) is 0 Å². The predicted octanol–water partition coefficient (Wildman–Crippen LogP) is 2.60. The molecule has 3 rings (SSSR count). The second-order valence-corrected chi connectivity index (χ2v) is 7.33. The number of hydrogen-bond acceptors (Lipinski definition) is 6. The summed E-state index contributed by atoms with van der Waals surface area (Å²) in [6, 6.07) is 8.58. The molecule has 0 fully saturated rings. The number of carboxylic acids is 2. The van der Waals surface area contributed by atoms with E-state index in [-0.39, 0.29) is 36.1 Å². The number of aliphatic carboxylic acids is 2. The molecule has 0 spiro atoms. The van der Waals surface area contributed by atoms with Gasteiger partial charge in [-0.1, -0.05) is 24.3 Å². The summed E-state index contributed by atoms with van der Waals surface area (Å²) in [5.41, 5.74) is -0.301. The normalized spacial score (nSPS) is 16.4. The number of aliphatic hydroxyl groups excluding tert-OH is 1. The van der Waals surface area contributed by atoms with Crippen LogP contribution in [-0.2, 0) is 22.2 Å². The zero-order chi connectivity index (χ0) is 23.7. The number of aliphatic hydroxyl groups is 1. The number of ether oxygens (including phenoxy) is 2. The topological polar surface area (TPSA) is 125 Å². The molecule has 0 saturated carbocycles. The summed E-state index contributed by atoms with van der Waals surface area (Å²) < 4.78 is 48.8. The van der Waals surface area contributed by atoms with Gasteiger partial charge in [-0.2, -0.15) is 13.2 Å². The van der Waals surface area contributed by atoms with Crippen LogP contribution < -0.4 is 14.8 Å². The van der Waals surface area contributed by atoms with Crippen LogP contribution in [0.3, 0.4) is 0 Å². The summed E-state index contributed by atoms with van der Waals surface area (Å²) in [5.74, 6) is -6.58. The minimum atomic E-state index is -4.52. The minimum Gasteiger partial charge on any atom is -0.475 e. The van der Waals surface area contributed by atoms with Gasteiger partial charge in [0, 0.05) is 12.6 Å². The molecule has 8 nitrogen and oxygen atoms in total. The molecule has 0 amide bonds. The number of halogens is 3. The molecule has 0 bridgehead atoms. The molecule has 0 radical (unpaired) electrons. The zero-order valence-corrected chi connectivity index (χ0v) is 16.7. The summed E-state index contributed by atoms with van der Waals surface area (Å²) in [7, 11) is 0.